The minimum Gasteiger partial charge on any atom is -0.311 e. The molecule has 0 heterocycles. The smallest absolute Gasteiger partial charge is 0.0468 e. The van der Waals surface area contributed by atoms with Gasteiger partial charge in [-0.1, -0.05) is 200 Å². The van der Waals surface area contributed by atoms with Crippen molar-refractivity contribution in [3.63, 3.8) is 0 Å². The van der Waals surface area contributed by atoms with E-state index in [9.17, 15) is 0 Å². The van der Waals surface area contributed by atoms with Crippen LogP contribution in [0.15, 0.2) is 241 Å². The SMILES string of the molecule is C[C@H]1C=C(N(c2ccccc2)c2ccc(C(C)(C)C)cc2)C=C2C(c3ccc4ccccc4c3)=c3ccc(N(c4ccccc4)c4ccc(C(C)(C)C)cc4)cc3=C(C3=CC4C=CC=CC4C=C3)C21. The van der Waals surface area contributed by atoms with Crippen molar-refractivity contribution in [2.75, 3.05) is 9.80 Å². The Hall–Kier alpha value is -7.42. The van der Waals surface area contributed by atoms with Crippen LogP contribution in [-0.4, -0.2) is 0 Å². The lowest BCUT2D eigenvalue weighted by Gasteiger charge is -2.40. The van der Waals surface area contributed by atoms with E-state index in [1.807, 2.05) is 0 Å². The van der Waals surface area contributed by atoms with Crippen LogP contribution in [0.1, 0.15) is 65.2 Å². The number of rotatable bonds is 8. The molecule has 4 atom stereocenters. The van der Waals surface area contributed by atoms with E-state index in [0.29, 0.717) is 11.8 Å². The topological polar surface area (TPSA) is 6.48 Å². The Kier molecular flexibility index (Phi) is 11.2. The summed E-state index contributed by atoms with van der Waals surface area (Å²) in [5, 5.41) is 5.03. The summed E-state index contributed by atoms with van der Waals surface area (Å²) in [6.07, 6.45) is 21.6. The van der Waals surface area contributed by atoms with E-state index >= 15 is 0 Å². The van der Waals surface area contributed by atoms with Crippen LogP contribution in [0, 0.1) is 23.7 Å². The summed E-state index contributed by atoms with van der Waals surface area (Å²) in [7, 11) is 0. The van der Waals surface area contributed by atoms with Gasteiger partial charge in [0.1, 0.15) is 0 Å². The van der Waals surface area contributed by atoms with Gasteiger partial charge in [-0.25, -0.2) is 0 Å². The third-order valence-corrected chi connectivity index (χ3v) is 14.7. The number of nitrogens with zero attached hydrogens (tertiary/aromatic N) is 2. The second-order valence-corrected chi connectivity index (χ2v) is 21.4. The predicted octanol–water partition coefficient (Wildman–Crippen LogP) is 16.0. The molecule has 3 unspecified atom stereocenters. The third-order valence-electron chi connectivity index (χ3n) is 14.7. The maximum absolute atomic E-state index is 2.55. The molecule has 7 aromatic rings. The molecule has 0 N–H and O–H groups in total. The van der Waals surface area contributed by atoms with Crippen molar-refractivity contribution in [1.29, 1.82) is 0 Å². The number of para-hydroxylation sites is 2. The maximum Gasteiger partial charge on any atom is 0.0468 e. The summed E-state index contributed by atoms with van der Waals surface area (Å²) in [5.41, 5.74) is 16.2. The molecule has 0 aliphatic heterocycles. The lowest BCUT2D eigenvalue weighted by atomic mass is 9.66. The van der Waals surface area contributed by atoms with E-state index in [0.717, 1.165) is 28.4 Å². The van der Waals surface area contributed by atoms with Crippen molar-refractivity contribution < 1.29 is 0 Å². The molecule has 0 spiro atoms. The Morgan fingerprint density at radius 1 is 0.449 bits per heavy atom. The molecule has 7 aromatic carbocycles. The second-order valence-electron chi connectivity index (χ2n) is 21.4. The van der Waals surface area contributed by atoms with Crippen molar-refractivity contribution in [2.45, 2.75) is 59.3 Å². The zero-order valence-corrected chi connectivity index (χ0v) is 41.1. The summed E-state index contributed by atoms with van der Waals surface area (Å²) in [6.45, 7) is 16.2. The molecular formula is C67H62N2. The summed E-state index contributed by atoms with van der Waals surface area (Å²) in [4.78, 5) is 4.90. The summed E-state index contributed by atoms with van der Waals surface area (Å²) < 4.78 is 0. The molecule has 0 bridgehead atoms. The number of hydrogen-bond donors (Lipinski definition) is 0. The first kappa shape index (κ1) is 44.1. The van der Waals surface area contributed by atoms with Crippen LogP contribution in [-0.2, 0) is 10.8 Å². The average Bonchev–Trinajstić information content (AvgIpc) is 3.36. The Balaban J connectivity index is 1.20. The Morgan fingerprint density at radius 2 is 1.00 bits per heavy atom. The molecule has 0 saturated carbocycles. The van der Waals surface area contributed by atoms with Crippen LogP contribution >= 0.6 is 0 Å². The Labute approximate surface area is 409 Å². The quantitative estimate of drug-likeness (QED) is 0.150. The van der Waals surface area contributed by atoms with E-state index in [4.69, 9.17) is 0 Å². The third kappa shape index (κ3) is 8.37. The molecule has 11 rings (SSSR count). The van der Waals surface area contributed by atoms with Gasteiger partial charge in [0, 0.05) is 51.9 Å². The van der Waals surface area contributed by atoms with E-state index < -0.39 is 0 Å². The molecule has 69 heavy (non-hydrogen) atoms. The van der Waals surface area contributed by atoms with E-state index in [-0.39, 0.29) is 22.7 Å². The fourth-order valence-corrected chi connectivity index (χ4v) is 11.1. The monoisotopic (exact) mass is 894 g/mol. The molecule has 0 aromatic heterocycles. The van der Waals surface area contributed by atoms with Gasteiger partial charge in [-0.2, -0.15) is 0 Å². The second kappa shape index (κ2) is 17.6. The predicted molar refractivity (Wildman–Crippen MR) is 294 cm³/mol. The van der Waals surface area contributed by atoms with Gasteiger partial charge in [-0.3, -0.25) is 0 Å². The molecule has 4 aliphatic rings. The van der Waals surface area contributed by atoms with Crippen LogP contribution < -0.4 is 20.2 Å². The first-order chi connectivity index (χ1) is 33.4. The van der Waals surface area contributed by atoms with Gasteiger partial charge >= 0.3 is 0 Å². The molecule has 0 amide bonds. The highest BCUT2D eigenvalue weighted by Crippen LogP contribution is 2.49. The number of hydrogen-bond acceptors (Lipinski definition) is 2. The Bertz CT molecular complexity index is 3400. The number of anilines is 5. The molecule has 0 saturated heterocycles. The van der Waals surface area contributed by atoms with E-state index in [2.05, 4.69) is 283 Å². The first-order valence-electron chi connectivity index (χ1n) is 24.9. The van der Waals surface area contributed by atoms with Crippen molar-refractivity contribution in [3.8, 4) is 0 Å². The highest BCUT2D eigenvalue weighted by molar-refractivity contribution is 5.95. The van der Waals surface area contributed by atoms with Gasteiger partial charge in [-0.05, 0) is 150 Å². The van der Waals surface area contributed by atoms with Crippen molar-refractivity contribution in [1.82, 2.24) is 0 Å². The van der Waals surface area contributed by atoms with Gasteiger partial charge in [0.2, 0.25) is 0 Å². The minimum absolute atomic E-state index is 0.0512. The largest absolute Gasteiger partial charge is 0.311 e. The summed E-state index contributed by atoms with van der Waals surface area (Å²) in [6, 6.07) is 63.4. The fraction of sp³-hybridized carbons (Fsp3) is 0.194. The van der Waals surface area contributed by atoms with Gasteiger partial charge in [0.05, 0.1) is 0 Å². The van der Waals surface area contributed by atoms with Gasteiger partial charge in [0.15, 0.2) is 0 Å². The normalized spacial score (nSPS) is 19.6. The first-order valence-corrected chi connectivity index (χ1v) is 24.9. The fourth-order valence-electron chi connectivity index (χ4n) is 11.1. The van der Waals surface area contributed by atoms with Crippen molar-refractivity contribution >= 4 is 50.4 Å². The molecule has 2 nitrogen and oxygen atoms in total. The maximum atomic E-state index is 2.55. The summed E-state index contributed by atoms with van der Waals surface area (Å²) in [5.74, 6) is 0.869. The number of benzene rings is 7. The van der Waals surface area contributed by atoms with E-state index in [1.165, 1.54) is 65.9 Å². The zero-order valence-electron chi connectivity index (χ0n) is 41.1. The van der Waals surface area contributed by atoms with E-state index in [1.54, 1.807) is 0 Å². The minimum atomic E-state index is 0.0512. The lowest BCUT2D eigenvalue weighted by Crippen LogP contribution is -2.41. The highest BCUT2D eigenvalue weighted by atomic mass is 15.2. The van der Waals surface area contributed by atoms with Crippen molar-refractivity contribution in [2.24, 2.45) is 23.7 Å². The Morgan fingerprint density at radius 3 is 1.64 bits per heavy atom. The van der Waals surface area contributed by atoms with Gasteiger partial charge in [-0.15, -0.1) is 0 Å². The molecule has 0 radical (unpaired) electrons. The zero-order chi connectivity index (χ0) is 47.4. The van der Waals surface area contributed by atoms with Crippen LogP contribution in [0.5, 0.6) is 0 Å². The van der Waals surface area contributed by atoms with Crippen LogP contribution in [0.4, 0.5) is 28.4 Å². The molecule has 0 fully saturated rings. The number of fused-ring (bicyclic) bond motifs is 4. The standard InChI is InChI=1S/C67H62N2/c1-45-40-59(69(55-24-12-9-13-25-55)57-36-32-53(33-37-57)67(5,6)7)44-62-63(45)65(51-29-27-47-19-15-17-21-49(47)42-51)61-43-58(38-39-60(61)64(62)50-28-26-46-18-14-16-20-48(46)41-50)68(54-22-10-8-11-23-54)56-34-30-52(31-35-56)66(2,3)4/h8-45,47,49,63H,1-7H3/t45-,47?,49?,63?/m0/s1. The molecule has 2 heteroatoms. The van der Waals surface area contributed by atoms with Crippen molar-refractivity contribution in [3.05, 3.63) is 269 Å². The molecular weight excluding hydrogens is 833 g/mol. The van der Waals surface area contributed by atoms with Crippen LogP contribution in [0.25, 0.3) is 21.9 Å². The lowest BCUT2D eigenvalue weighted by molar-refractivity contribution is 0.587. The summed E-state index contributed by atoms with van der Waals surface area (Å²) >= 11 is 0. The van der Waals surface area contributed by atoms with Gasteiger partial charge < -0.3 is 9.80 Å². The molecule has 340 valence electrons. The van der Waals surface area contributed by atoms with Crippen LogP contribution in [0.3, 0.4) is 0 Å². The number of allylic oxidation sites excluding steroid dienone is 11. The van der Waals surface area contributed by atoms with Gasteiger partial charge in [0.25, 0.3) is 0 Å². The van der Waals surface area contributed by atoms with Crippen LogP contribution in [0.2, 0.25) is 0 Å². The highest BCUT2D eigenvalue weighted by Gasteiger charge is 2.37. The molecule has 4 aliphatic carbocycles. The average molecular weight is 895 g/mol.